The van der Waals surface area contributed by atoms with Crippen molar-refractivity contribution in [3.05, 3.63) is 118 Å². The van der Waals surface area contributed by atoms with Gasteiger partial charge in [-0.25, -0.2) is 9.07 Å². The standard InChI is InChI=1S/C29H28FN7O/c1-20-6-5-7-22-18-25(29(38)31-26(20)22)27(36-16-14-35(15-17-36)24-8-3-2-4-9-24)28-32-33-34-37(28)19-21-10-12-23(30)13-11-21/h2-13,18,27H,14-17,19H2,1H3,(H,31,38)/t27-/m0/s1. The summed E-state index contributed by atoms with van der Waals surface area (Å²) in [6.07, 6.45) is 0. The fourth-order valence-electron chi connectivity index (χ4n) is 5.26. The summed E-state index contributed by atoms with van der Waals surface area (Å²) in [6.45, 7) is 5.44. The van der Waals surface area contributed by atoms with E-state index in [1.54, 1.807) is 16.8 Å². The number of pyridine rings is 1. The van der Waals surface area contributed by atoms with Crippen molar-refractivity contribution >= 4 is 16.6 Å². The van der Waals surface area contributed by atoms with Gasteiger partial charge in [0.15, 0.2) is 5.82 Å². The van der Waals surface area contributed by atoms with Crippen molar-refractivity contribution in [1.29, 1.82) is 0 Å². The van der Waals surface area contributed by atoms with Gasteiger partial charge >= 0.3 is 0 Å². The first-order chi connectivity index (χ1) is 18.6. The molecule has 0 aliphatic carbocycles. The predicted molar refractivity (Wildman–Crippen MR) is 145 cm³/mol. The number of H-pyrrole nitrogens is 1. The van der Waals surface area contributed by atoms with Crippen LogP contribution >= 0.6 is 0 Å². The third-order valence-electron chi connectivity index (χ3n) is 7.26. The first kappa shape index (κ1) is 24.0. The molecule has 0 spiro atoms. The maximum absolute atomic E-state index is 13.5. The highest BCUT2D eigenvalue weighted by molar-refractivity contribution is 5.82. The molecule has 1 fully saturated rings. The molecular formula is C29H28FN7O. The number of tetrazole rings is 1. The molecule has 1 N–H and O–H groups in total. The van der Waals surface area contributed by atoms with Gasteiger partial charge in [0.1, 0.15) is 11.9 Å². The number of halogens is 1. The zero-order valence-corrected chi connectivity index (χ0v) is 21.1. The van der Waals surface area contributed by atoms with Gasteiger partial charge in [-0.2, -0.15) is 0 Å². The Balaban J connectivity index is 1.39. The van der Waals surface area contributed by atoms with Gasteiger partial charge < -0.3 is 9.88 Å². The van der Waals surface area contributed by atoms with Gasteiger partial charge in [-0.15, -0.1) is 5.10 Å². The lowest BCUT2D eigenvalue weighted by molar-refractivity contribution is 0.200. The molecule has 0 saturated carbocycles. The lowest BCUT2D eigenvalue weighted by Gasteiger charge is -2.39. The second kappa shape index (κ2) is 10.2. The van der Waals surface area contributed by atoms with Crippen LogP contribution in [0.3, 0.4) is 0 Å². The Kier molecular flexibility index (Phi) is 6.43. The third-order valence-corrected chi connectivity index (χ3v) is 7.26. The summed E-state index contributed by atoms with van der Waals surface area (Å²) in [4.78, 5) is 21.3. The van der Waals surface area contributed by atoms with E-state index < -0.39 is 6.04 Å². The Hall–Kier alpha value is -4.37. The molecule has 0 bridgehead atoms. The SMILES string of the molecule is Cc1cccc2cc([C@@H](c3nnnn3Cc3ccc(F)cc3)N3CCN(c4ccccc4)CC3)c(=O)[nH]c12. The minimum atomic E-state index is -0.447. The maximum atomic E-state index is 13.5. The van der Waals surface area contributed by atoms with Crippen LogP contribution in [0.1, 0.15) is 28.6 Å². The highest BCUT2D eigenvalue weighted by Gasteiger charge is 2.33. The van der Waals surface area contributed by atoms with Crippen LogP contribution in [-0.4, -0.2) is 56.3 Å². The number of benzene rings is 3. The fraction of sp³-hybridized carbons (Fsp3) is 0.241. The van der Waals surface area contributed by atoms with Crippen molar-refractivity contribution in [2.45, 2.75) is 19.5 Å². The van der Waals surface area contributed by atoms with E-state index in [9.17, 15) is 9.18 Å². The van der Waals surface area contributed by atoms with Crippen molar-refractivity contribution in [2.75, 3.05) is 31.1 Å². The highest BCUT2D eigenvalue weighted by atomic mass is 19.1. The largest absolute Gasteiger partial charge is 0.369 e. The van der Waals surface area contributed by atoms with Crippen molar-refractivity contribution in [1.82, 2.24) is 30.1 Å². The molecule has 2 aromatic heterocycles. The quantitative estimate of drug-likeness (QED) is 0.374. The average Bonchev–Trinajstić information content (AvgIpc) is 3.39. The van der Waals surface area contributed by atoms with Crippen LogP contribution in [0, 0.1) is 12.7 Å². The second-order valence-corrected chi connectivity index (χ2v) is 9.68. The summed E-state index contributed by atoms with van der Waals surface area (Å²) in [5.41, 5.74) is 4.35. The molecule has 192 valence electrons. The maximum Gasteiger partial charge on any atom is 0.253 e. The Morgan fingerprint density at radius 2 is 1.71 bits per heavy atom. The Labute approximate surface area is 219 Å². The fourth-order valence-corrected chi connectivity index (χ4v) is 5.26. The molecule has 1 aliphatic heterocycles. The summed E-state index contributed by atoms with van der Waals surface area (Å²) >= 11 is 0. The number of fused-ring (bicyclic) bond motifs is 1. The number of aryl methyl sites for hydroxylation is 1. The van der Waals surface area contributed by atoms with E-state index in [0.29, 0.717) is 17.9 Å². The summed E-state index contributed by atoms with van der Waals surface area (Å²) in [5, 5.41) is 13.6. The van der Waals surface area contributed by atoms with Gasteiger partial charge in [-0.05, 0) is 64.2 Å². The number of anilines is 1. The summed E-state index contributed by atoms with van der Waals surface area (Å²) in [5.74, 6) is 0.290. The van der Waals surface area contributed by atoms with Crippen molar-refractivity contribution in [3.8, 4) is 0 Å². The normalized spacial score (nSPS) is 15.2. The number of nitrogens with zero attached hydrogens (tertiary/aromatic N) is 6. The molecular weight excluding hydrogens is 481 g/mol. The number of para-hydroxylation sites is 2. The van der Waals surface area contributed by atoms with Crippen molar-refractivity contribution in [2.24, 2.45) is 0 Å². The first-order valence-electron chi connectivity index (χ1n) is 12.7. The van der Waals surface area contributed by atoms with E-state index in [2.05, 4.69) is 42.4 Å². The van der Waals surface area contributed by atoms with Gasteiger partial charge in [-0.1, -0.05) is 48.5 Å². The molecule has 6 rings (SSSR count). The van der Waals surface area contributed by atoms with Crippen LogP contribution in [0.2, 0.25) is 0 Å². The number of aromatic nitrogens is 5. The zero-order valence-electron chi connectivity index (χ0n) is 21.1. The smallest absolute Gasteiger partial charge is 0.253 e. The van der Waals surface area contributed by atoms with Crippen molar-refractivity contribution in [3.63, 3.8) is 0 Å². The van der Waals surface area contributed by atoms with Gasteiger partial charge in [-0.3, -0.25) is 9.69 Å². The minimum Gasteiger partial charge on any atom is -0.369 e. The second-order valence-electron chi connectivity index (χ2n) is 9.68. The number of nitrogens with one attached hydrogen (secondary N) is 1. The topological polar surface area (TPSA) is 82.9 Å². The number of aromatic amines is 1. The lowest BCUT2D eigenvalue weighted by Crippen LogP contribution is -2.49. The molecule has 1 aliphatic rings. The molecule has 5 aromatic rings. The molecule has 1 saturated heterocycles. The predicted octanol–water partition coefficient (Wildman–Crippen LogP) is 3.92. The van der Waals surface area contributed by atoms with Crippen LogP contribution in [-0.2, 0) is 6.54 Å². The van der Waals surface area contributed by atoms with Gasteiger partial charge in [0.2, 0.25) is 0 Å². The molecule has 8 nitrogen and oxygen atoms in total. The Morgan fingerprint density at radius 1 is 0.947 bits per heavy atom. The van der Waals surface area contributed by atoms with Crippen molar-refractivity contribution < 1.29 is 4.39 Å². The minimum absolute atomic E-state index is 0.154. The van der Waals surface area contributed by atoms with Crippen LogP contribution in [0.4, 0.5) is 10.1 Å². The van der Waals surface area contributed by atoms with E-state index in [-0.39, 0.29) is 11.4 Å². The molecule has 0 radical (unpaired) electrons. The summed E-state index contributed by atoms with van der Waals surface area (Å²) in [6, 6.07) is 24.1. The van der Waals surface area contributed by atoms with Crippen LogP contribution in [0.25, 0.3) is 10.9 Å². The van der Waals surface area contributed by atoms with Gasteiger partial charge in [0, 0.05) is 37.4 Å². The van der Waals surface area contributed by atoms with E-state index in [1.807, 2.05) is 49.4 Å². The van der Waals surface area contributed by atoms with Crippen LogP contribution in [0.15, 0.2) is 83.7 Å². The summed E-state index contributed by atoms with van der Waals surface area (Å²) < 4.78 is 15.2. The molecule has 3 heterocycles. The number of hydrogen-bond acceptors (Lipinski definition) is 6. The third kappa shape index (κ3) is 4.68. The summed E-state index contributed by atoms with van der Waals surface area (Å²) in [7, 11) is 0. The lowest BCUT2D eigenvalue weighted by atomic mass is 10.0. The Morgan fingerprint density at radius 3 is 2.47 bits per heavy atom. The molecule has 0 unspecified atom stereocenters. The van der Waals surface area contributed by atoms with E-state index >= 15 is 0 Å². The monoisotopic (exact) mass is 509 g/mol. The van der Waals surface area contributed by atoms with Crippen LogP contribution in [0.5, 0.6) is 0 Å². The number of hydrogen-bond donors (Lipinski definition) is 1. The Bertz CT molecular complexity index is 1610. The van der Waals surface area contributed by atoms with Gasteiger partial charge in [0.25, 0.3) is 5.56 Å². The first-order valence-corrected chi connectivity index (χ1v) is 12.7. The number of rotatable bonds is 6. The molecule has 0 amide bonds. The van der Waals surface area contributed by atoms with Gasteiger partial charge in [0.05, 0.1) is 12.1 Å². The highest BCUT2D eigenvalue weighted by Crippen LogP contribution is 2.29. The van der Waals surface area contributed by atoms with E-state index in [0.717, 1.165) is 48.2 Å². The zero-order chi connectivity index (χ0) is 26.1. The number of piperazine rings is 1. The van der Waals surface area contributed by atoms with E-state index in [1.165, 1.54) is 17.8 Å². The molecule has 1 atom stereocenters. The molecule has 9 heteroatoms. The molecule has 38 heavy (non-hydrogen) atoms. The van der Waals surface area contributed by atoms with E-state index in [4.69, 9.17) is 0 Å². The molecule has 3 aromatic carbocycles. The van der Waals surface area contributed by atoms with Crippen LogP contribution < -0.4 is 10.5 Å². The average molecular weight is 510 g/mol.